The summed E-state index contributed by atoms with van der Waals surface area (Å²) in [4.78, 5) is 29.6. The molecular weight excluding hydrogens is 538 g/mol. The second kappa shape index (κ2) is 10.1. The number of nitrogens with zero attached hydrogens (tertiary/aromatic N) is 3. The van der Waals surface area contributed by atoms with E-state index in [1.807, 2.05) is 0 Å². The third-order valence-corrected chi connectivity index (χ3v) is 6.08. The molecule has 0 radical (unpaired) electrons. The number of anilines is 1. The number of amides is 1. The zero-order valence-electron chi connectivity index (χ0n) is 21.8. The Hall–Kier alpha value is -3.23. The number of hydrogen-bond donors (Lipinski definition) is 2. The maximum atomic E-state index is 14.1. The van der Waals surface area contributed by atoms with E-state index in [9.17, 15) is 41.0 Å². The number of hydrogen-bond acceptors (Lipinski definition) is 8. The first-order valence-electron chi connectivity index (χ1n) is 12.0. The van der Waals surface area contributed by atoms with Crippen LogP contribution in [-0.4, -0.2) is 43.9 Å². The molecule has 3 heterocycles. The summed E-state index contributed by atoms with van der Waals surface area (Å²) in [6, 6.07) is 0.404. The quantitative estimate of drug-likeness (QED) is 0.379. The summed E-state index contributed by atoms with van der Waals surface area (Å²) in [5, 5.41) is 19.4. The van der Waals surface area contributed by atoms with Gasteiger partial charge in [0.25, 0.3) is 11.8 Å². The van der Waals surface area contributed by atoms with Gasteiger partial charge in [-0.1, -0.05) is 26.7 Å². The van der Waals surface area contributed by atoms with Gasteiger partial charge in [0.2, 0.25) is 5.60 Å². The summed E-state index contributed by atoms with van der Waals surface area (Å²) in [6.07, 6.45) is -12.3. The SMILES string of the molecule is CC(C)(C)OC(=O)Nc1cc(C(F)(F)F)c2nc1-c1nnc(o1)[C@@](O)(C(F)(F)F)CCCCCC(C)(C)C2=O. The molecule has 1 atom stereocenters. The molecule has 9 nitrogen and oxygen atoms in total. The van der Waals surface area contributed by atoms with Crippen molar-refractivity contribution in [2.24, 2.45) is 5.41 Å². The van der Waals surface area contributed by atoms with Crippen molar-refractivity contribution in [3.05, 3.63) is 23.2 Å². The van der Waals surface area contributed by atoms with Gasteiger partial charge in [0.15, 0.2) is 11.5 Å². The number of nitrogens with one attached hydrogen (secondary N) is 1. The standard InChI is InChI=1S/C24H28F6N4O5/c1-20(2,3)39-19(36)31-13-11-12(23(25,26)27)14-16(35)21(4,5)9-7-6-8-10-22(37,24(28,29)30)18-34-33-17(38-18)15(13)32-14/h11,37H,6-10H2,1-5H3,(H,31,36)/t22-/m1/s1. The Labute approximate surface area is 219 Å². The predicted octanol–water partition coefficient (Wildman–Crippen LogP) is 6.42. The Morgan fingerprint density at radius 2 is 1.64 bits per heavy atom. The van der Waals surface area contributed by atoms with Gasteiger partial charge in [-0.15, -0.1) is 10.2 Å². The zero-order chi connectivity index (χ0) is 29.6. The van der Waals surface area contributed by atoms with Crippen molar-refractivity contribution in [3.8, 4) is 11.6 Å². The van der Waals surface area contributed by atoms with Crippen LogP contribution in [0.15, 0.2) is 10.5 Å². The normalized spacial score (nSPS) is 20.8. The largest absolute Gasteiger partial charge is 0.444 e. The van der Waals surface area contributed by atoms with Crippen molar-refractivity contribution in [1.29, 1.82) is 0 Å². The molecule has 216 valence electrons. The summed E-state index contributed by atoms with van der Waals surface area (Å²) < 4.78 is 94.3. The summed E-state index contributed by atoms with van der Waals surface area (Å²) >= 11 is 0. The van der Waals surface area contributed by atoms with E-state index >= 15 is 0 Å². The first-order valence-corrected chi connectivity index (χ1v) is 12.0. The van der Waals surface area contributed by atoms with Crippen LogP contribution in [0.5, 0.6) is 0 Å². The van der Waals surface area contributed by atoms with Crippen LogP contribution < -0.4 is 5.32 Å². The number of halogens is 6. The first kappa shape index (κ1) is 30.3. The monoisotopic (exact) mass is 566 g/mol. The molecule has 4 bridgehead atoms. The van der Waals surface area contributed by atoms with Crippen LogP contribution in [0.1, 0.15) is 88.7 Å². The number of fused-ring (bicyclic) bond motifs is 5. The van der Waals surface area contributed by atoms with Gasteiger partial charge in [-0.25, -0.2) is 9.78 Å². The van der Waals surface area contributed by atoms with Crippen LogP contribution in [-0.2, 0) is 16.5 Å². The molecule has 0 aliphatic carbocycles. The van der Waals surface area contributed by atoms with Gasteiger partial charge in [-0.2, -0.15) is 26.3 Å². The molecule has 0 unspecified atom stereocenters. The van der Waals surface area contributed by atoms with E-state index in [1.165, 1.54) is 34.6 Å². The van der Waals surface area contributed by atoms with E-state index in [-0.39, 0.29) is 25.7 Å². The van der Waals surface area contributed by atoms with E-state index < -0.39 is 81.7 Å². The molecule has 0 fully saturated rings. The molecular formula is C24H28F6N4O5. The van der Waals surface area contributed by atoms with Gasteiger partial charge in [0.1, 0.15) is 11.3 Å². The minimum Gasteiger partial charge on any atom is -0.444 e. The number of aromatic nitrogens is 3. The van der Waals surface area contributed by atoms with Crippen molar-refractivity contribution < 1.29 is 50.2 Å². The first-order chi connectivity index (χ1) is 17.7. The van der Waals surface area contributed by atoms with E-state index in [1.54, 1.807) is 0 Å². The third-order valence-electron chi connectivity index (χ3n) is 6.08. The summed E-state index contributed by atoms with van der Waals surface area (Å²) in [7, 11) is 0. The highest BCUT2D eigenvalue weighted by molar-refractivity contribution is 6.01. The van der Waals surface area contributed by atoms with Gasteiger partial charge in [0, 0.05) is 5.41 Å². The second-order valence-electron chi connectivity index (χ2n) is 10.9. The zero-order valence-corrected chi connectivity index (χ0v) is 21.8. The lowest BCUT2D eigenvalue weighted by Crippen LogP contribution is -2.42. The fourth-order valence-electron chi connectivity index (χ4n) is 3.99. The maximum Gasteiger partial charge on any atom is 0.426 e. The average Bonchev–Trinajstić information content (AvgIpc) is 3.25. The minimum atomic E-state index is -5.24. The van der Waals surface area contributed by atoms with Crippen LogP contribution in [0.25, 0.3) is 11.6 Å². The third kappa shape index (κ3) is 6.50. The molecule has 2 N–H and O–H groups in total. The van der Waals surface area contributed by atoms with Gasteiger partial charge >= 0.3 is 18.4 Å². The van der Waals surface area contributed by atoms with E-state index in [0.717, 1.165) is 0 Å². The highest BCUT2D eigenvalue weighted by atomic mass is 19.4. The van der Waals surface area contributed by atoms with E-state index in [2.05, 4.69) is 20.5 Å². The molecule has 0 saturated heterocycles. The number of carbonyl (C=O) groups excluding carboxylic acids is 2. The number of ketones is 1. The van der Waals surface area contributed by atoms with Crippen LogP contribution >= 0.6 is 0 Å². The van der Waals surface area contributed by atoms with Gasteiger partial charge in [-0.3, -0.25) is 10.1 Å². The molecule has 2 aromatic heterocycles. The molecule has 3 rings (SSSR count). The van der Waals surface area contributed by atoms with Gasteiger partial charge < -0.3 is 14.3 Å². The molecule has 2 aromatic rings. The second-order valence-corrected chi connectivity index (χ2v) is 10.9. The molecule has 0 spiro atoms. The average molecular weight is 566 g/mol. The molecule has 1 aliphatic heterocycles. The number of pyridine rings is 1. The van der Waals surface area contributed by atoms with E-state index in [0.29, 0.717) is 6.07 Å². The van der Waals surface area contributed by atoms with Crippen molar-refractivity contribution in [2.75, 3.05) is 5.32 Å². The Morgan fingerprint density at radius 3 is 2.21 bits per heavy atom. The fourth-order valence-corrected chi connectivity index (χ4v) is 3.99. The molecule has 1 amide bonds. The number of rotatable bonds is 1. The predicted molar refractivity (Wildman–Crippen MR) is 124 cm³/mol. The molecule has 1 aliphatic rings. The highest BCUT2D eigenvalue weighted by Gasteiger charge is 2.58. The molecule has 0 aromatic carbocycles. The lowest BCUT2D eigenvalue weighted by molar-refractivity contribution is -0.277. The Morgan fingerprint density at radius 1 is 1.03 bits per heavy atom. The van der Waals surface area contributed by atoms with Crippen molar-refractivity contribution in [2.45, 2.75) is 90.3 Å². The van der Waals surface area contributed by atoms with Crippen molar-refractivity contribution >= 4 is 17.6 Å². The number of ether oxygens (including phenoxy) is 1. The lowest BCUT2D eigenvalue weighted by atomic mass is 9.79. The van der Waals surface area contributed by atoms with Crippen LogP contribution in [0.3, 0.4) is 0 Å². The lowest BCUT2D eigenvalue weighted by Gasteiger charge is -2.28. The topological polar surface area (TPSA) is 127 Å². The fraction of sp³-hybridized carbons (Fsp3) is 0.625. The molecule has 39 heavy (non-hydrogen) atoms. The van der Waals surface area contributed by atoms with Gasteiger partial charge in [-0.05, 0) is 46.1 Å². The van der Waals surface area contributed by atoms with Crippen LogP contribution in [0, 0.1) is 5.41 Å². The Bertz CT molecular complexity index is 1250. The minimum absolute atomic E-state index is 0.0287. The molecule has 0 saturated carbocycles. The summed E-state index contributed by atoms with van der Waals surface area (Å²) in [5.41, 5.74) is -9.99. The van der Waals surface area contributed by atoms with Crippen molar-refractivity contribution in [1.82, 2.24) is 15.2 Å². The van der Waals surface area contributed by atoms with E-state index in [4.69, 9.17) is 9.15 Å². The number of alkyl halides is 6. The van der Waals surface area contributed by atoms with Crippen molar-refractivity contribution in [3.63, 3.8) is 0 Å². The number of aliphatic hydroxyl groups is 1. The number of Topliss-reactive ketones (excluding diaryl/α,β-unsaturated/α-hetero) is 1. The summed E-state index contributed by atoms with van der Waals surface area (Å²) in [5.74, 6) is -3.11. The van der Waals surface area contributed by atoms with Crippen LogP contribution in [0.4, 0.5) is 36.8 Å². The number of carbonyl (C=O) groups is 2. The Balaban J connectivity index is 2.32. The highest BCUT2D eigenvalue weighted by Crippen LogP contribution is 2.45. The van der Waals surface area contributed by atoms with Gasteiger partial charge in [0.05, 0.1) is 11.3 Å². The summed E-state index contributed by atoms with van der Waals surface area (Å²) in [6.45, 7) is 7.26. The molecule has 15 heteroatoms. The Kier molecular flexibility index (Phi) is 7.82. The smallest absolute Gasteiger partial charge is 0.426 e. The van der Waals surface area contributed by atoms with Crippen LogP contribution in [0.2, 0.25) is 0 Å². The maximum absolute atomic E-state index is 14.1.